The molecule has 1 rings (SSSR count). The third-order valence-corrected chi connectivity index (χ3v) is 3.18. The molecule has 0 atom stereocenters. The van der Waals surface area contributed by atoms with Gasteiger partial charge in [-0.15, -0.1) is 0 Å². The molecule has 1 aromatic rings. The van der Waals surface area contributed by atoms with Gasteiger partial charge in [0, 0.05) is 11.3 Å². The van der Waals surface area contributed by atoms with Crippen LogP contribution < -0.4 is 10.5 Å². The minimum Gasteiger partial charge on any atom is -0.492 e. The molecule has 0 aliphatic rings. The van der Waals surface area contributed by atoms with Gasteiger partial charge in [0.15, 0.2) is 15.7 Å². The van der Waals surface area contributed by atoms with Crippen molar-refractivity contribution in [2.75, 3.05) is 18.6 Å². The largest absolute Gasteiger partial charge is 0.492 e. The maximum Gasteiger partial charge on any atom is 0.173 e. The average Bonchev–Trinajstić information content (AvgIpc) is 2.26. The van der Waals surface area contributed by atoms with Crippen molar-refractivity contribution in [2.45, 2.75) is 0 Å². The Hall–Kier alpha value is -1.47. The summed E-state index contributed by atoms with van der Waals surface area (Å²) in [6, 6.07) is 4.54. The molecular weight excluding hydrogens is 280 g/mol. The molecule has 0 fully saturated rings. The van der Waals surface area contributed by atoms with Gasteiger partial charge in [0.2, 0.25) is 0 Å². The minimum absolute atomic E-state index is 0.0368. The topological polar surface area (TPSA) is 102 Å². The summed E-state index contributed by atoms with van der Waals surface area (Å²) in [6.07, 6.45) is 1.11. The number of nitrogens with zero attached hydrogens (tertiary/aromatic N) is 1. The quantitative estimate of drug-likeness (QED) is 0.363. The first-order valence-electron chi connectivity index (χ1n) is 4.91. The van der Waals surface area contributed by atoms with E-state index < -0.39 is 9.84 Å². The Morgan fingerprint density at radius 2 is 2.22 bits per heavy atom. The lowest BCUT2D eigenvalue weighted by Crippen LogP contribution is -2.17. The lowest BCUT2D eigenvalue weighted by molar-refractivity contribution is 0.317. The monoisotopic (exact) mass is 292 g/mol. The van der Waals surface area contributed by atoms with Crippen LogP contribution in [0.4, 0.5) is 0 Å². The standard InChI is InChI=1S/C10H13ClN2O4S/c1-18(15,16)5-4-17-9-6-7(11)2-3-8(9)10(12)13-14/h2-3,6,14H,4-5H2,1H3,(H2,12,13). The van der Waals surface area contributed by atoms with Crippen LogP contribution in [-0.4, -0.2) is 38.1 Å². The summed E-state index contributed by atoms with van der Waals surface area (Å²) < 4.78 is 27.2. The highest BCUT2D eigenvalue weighted by atomic mass is 35.5. The molecule has 0 saturated carbocycles. The molecular formula is C10H13ClN2O4S. The lowest BCUT2D eigenvalue weighted by Gasteiger charge is -2.10. The Kier molecular flexibility index (Phi) is 4.80. The Bertz CT molecular complexity index is 557. The molecule has 1 aromatic carbocycles. The number of oxime groups is 1. The SMILES string of the molecule is CS(=O)(=O)CCOc1cc(Cl)ccc1/C(N)=N/O. The van der Waals surface area contributed by atoms with Crippen LogP contribution in [0.15, 0.2) is 23.4 Å². The van der Waals surface area contributed by atoms with Crippen molar-refractivity contribution >= 4 is 27.3 Å². The molecule has 0 amide bonds. The third kappa shape index (κ3) is 4.42. The van der Waals surface area contributed by atoms with Gasteiger partial charge in [-0.2, -0.15) is 0 Å². The van der Waals surface area contributed by atoms with Gasteiger partial charge in [-0.1, -0.05) is 16.8 Å². The Labute approximate surface area is 110 Å². The molecule has 100 valence electrons. The number of ether oxygens (including phenoxy) is 1. The normalized spacial score (nSPS) is 12.4. The van der Waals surface area contributed by atoms with Crippen LogP contribution in [0.25, 0.3) is 0 Å². The van der Waals surface area contributed by atoms with Crippen molar-refractivity contribution in [3.8, 4) is 5.75 Å². The number of hydrogen-bond donors (Lipinski definition) is 2. The second-order valence-electron chi connectivity index (χ2n) is 3.60. The van der Waals surface area contributed by atoms with Crippen LogP contribution in [0, 0.1) is 0 Å². The number of amidine groups is 1. The van der Waals surface area contributed by atoms with E-state index in [1.165, 1.54) is 12.1 Å². The number of sulfone groups is 1. The summed E-state index contributed by atoms with van der Waals surface area (Å²) in [5.41, 5.74) is 5.80. The van der Waals surface area contributed by atoms with Crippen molar-refractivity contribution in [1.29, 1.82) is 0 Å². The summed E-state index contributed by atoms with van der Waals surface area (Å²) >= 11 is 5.79. The fourth-order valence-corrected chi connectivity index (χ4v) is 1.73. The fourth-order valence-electron chi connectivity index (χ4n) is 1.18. The average molecular weight is 293 g/mol. The summed E-state index contributed by atoms with van der Waals surface area (Å²) in [5.74, 6) is -0.00255. The van der Waals surface area contributed by atoms with Crippen LogP contribution in [0.5, 0.6) is 5.75 Å². The molecule has 0 aliphatic heterocycles. The molecule has 0 radical (unpaired) electrons. The highest BCUT2D eigenvalue weighted by Gasteiger charge is 2.10. The van der Waals surface area contributed by atoms with Gasteiger partial charge in [-0.25, -0.2) is 8.42 Å². The number of hydrogen-bond acceptors (Lipinski definition) is 5. The Morgan fingerprint density at radius 3 is 2.78 bits per heavy atom. The highest BCUT2D eigenvalue weighted by Crippen LogP contribution is 2.23. The summed E-state index contributed by atoms with van der Waals surface area (Å²) in [6.45, 7) is -0.0368. The van der Waals surface area contributed by atoms with E-state index in [2.05, 4.69) is 5.16 Å². The van der Waals surface area contributed by atoms with Gasteiger partial charge < -0.3 is 15.7 Å². The molecule has 0 bridgehead atoms. The number of rotatable bonds is 5. The number of nitrogens with two attached hydrogens (primary N) is 1. The summed E-state index contributed by atoms with van der Waals surface area (Å²) in [4.78, 5) is 0. The fraction of sp³-hybridized carbons (Fsp3) is 0.300. The van der Waals surface area contributed by atoms with Crippen LogP contribution in [-0.2, 0) is 9.84 Å². The van der Waals surface area contributed by atoms with Crippen molar-refractivity contribution < 1.29 is 18.4 Å². The molecule has 3 N–H and O–H groups in total. The van der Waals surface area contributed by atoms with E-state index in [9.17, 15) is 8.42 Å². The van der Waals surface area contributed by atoms with Crippen LogP contribution >= 0.6 is 11.6 Å². The van der Waals surface area contributed by atoms with E-state index in [1.54, 1.807) is 6.07 Å². The lowest BCUT2D eigenvalue weighted by atomic mass is 10.2. The first kappa shape index (κ1) is 14.6. The molecule has 6 nitrogen and oxygen atoms in total. The third-order valence-electron chi connectivity index (χ3n) is 2.04. The summed E-state index contributed by atoms with van der Waals surface area (Å²) in [7, 11) is -3.11. The van der Waals surface area contributed by atoms with Crippen LogP contribution in [0.2, 0.25) is 5.02 Å². The molecule has 18 heavy (non-hydrogen) atoms. The van der Waals surface area contributed by atoms with E-state index in [4.69, 9.17) is 27.3 Å². The zero-order valence-electron chi connectivity index (χ0n) is 9.63. The second-order valence-corrected chi connectivity index (χ2v) is 6.30. The van der Waals surface area contributed by atoms with E-state index >= 15 is 0 Å². The first-order chi connectivity index (χ1) is 8.33. The van der Waals surface area contributed by atoms with Gasteiger partial charge in [-0.05, 0) is 18.2 Å². The van der Waals surface area contributed by atoms with E-state index in [0.717, 1.165) is 6.26 Å². The highest BCUT2D eigenvalue weighted by molar-refractivity contribution is 7.90. The van der Waals surface area contributed by atoms with Gasteiger partial charge >= 0.3 is 0 Å². The van der Waals surface area contributed by atoms with Gasteiger partial charge in [0.25, 0.3) is 0 Å². The Balaban J connectivity index is 2.90. The number of benzene rings is 1. The van der Waals surface area contributed by atoms with Crippen molar-refractivity contribution in [2.24, 2.45) is 10.9 Å². The Morgan fingerprint density at radius 1 is 1.56 bits per heavy atom. The van der Waals surface area contributed by atoms with Crippen LogP contribution in [0.3, 0.4) is 0 Å². The number of halogens is 1. The first-order valence-corrected chi connectivity index (χ1v) is 7.35. The van der Waals surface area contributed by atoms with E-state index in [0.29, 0.717) is 10.6 Å². The predicted molar refractivity (Wildman–Crippen MR) is 69.2 cm³/mol. The molecule has 0 spiro atoms. The van der Waals surface area contributed by atoms with Crippen molar-refractivity contribution in [3.63, 3.8) is 0 Å². The van der Waals surface area contributed by atoms with Gasteiger partial charge in [0.1, 0.15) is 12.4 Å². The minimum atomic E-state index is -3.11. The van der Waals surface area contributed by atoms with Crippen molar-refractivity contribution in [3.05, 3.63) is 28.8 Å². The second kappa shape index (κ2) is 5.92. The van der Waals surface area contributed by atoms with Gasteiger partial charge in [-0.3, -0.25) is 0 Å². The predicted octanol–water partition coefficient (Wildman–Crippen LogP) is 0.858. The van der Waals surface area contributed by atoms with E-state index in [1.807, 2.05) is 0 Å². The molecule has 0 aliphatic carbocycles. The molecule has 8 heteroatoms. The van der Waals surface area contributed by atoms with Gasteiger partial charge in [0.05, 0.1) is 11.3 Å². The van der Waals surface area contributed by atoms with E-state index in [-0.39, 0.29) is 23.9 Å². The van der Waals surface area contributed by atoms with Crippen LogP contribution in [0.1, 0.15) is 5.56 Å². The maximum absolute atomic E-state index is 11.0. The summed E-state index contributed by atoms with van der Waals surface area (Å²) in [5, 5.41) is 11.9. The maximum atomic E-state index is 11.0. The molecule has 0 saturated heterocycles. The zero-order chi connectivity index (χ0) is 13.8. The van der Waals surface area contributed by atoms with Crippen molar-refractivity contribution in [1.82, 2.24) is 0 Å². The molecule has 0 aromatic heterocycles. The molecule has 0 heterocycles. The smallest absolute Gasteiger partial charge is 0.173 e. The zero-order valence-corrected chi connectivity index (χ0v) is 11.2. The molecule has 0 unspecified atom stereocenters.